The van der Waals surface area contributed by atoms with Crippen molar-refractivity contribution in [1.82, 2.24) is 25.1 Å². The Balaban J connectivity index is 1.50. The molecule has 0 fully saturated rings. The van der Waals surface area contributed by atoms with Crippen molar-refractivity contribution < 1.29 is 4.79 Å². The molecule has 3 aromatic rings. The first-order valence-corrected chi connectivity index (χ1v) is 10.3. The number of carbonyl (C=O) groups excluding carboxylic acids is 1. The number of carbonyl (C=O) groups is 1. The van der Waals surface area contributed by atoms with Crippen LogP contribution in [0.2, 0.25) is 0 Å². The zero-order chi connectivity index (χ0) is 20.8. The van der Waals surface area contributed by atoms with Crippen LogP contribution in [-0.4, -0.2) is 32.3 Å². The fraction of sp³-hybridized carbons (Fsp3) is 0.333. The van der Waals surface area contributed by atoms with Gasteiger partial charge in [-0.2, -0.15) is 5.10 Å². The molecule has 1 unspecified atom stereocenters. The summed E-state index contributed by atoms with van der Waals surface area (Å²) in [6.07, 6.45) is 3.44. The summed E-state index contributed by atoms with van der Waals surface area (Å²) in [5, 5.41) is 11.0. The highest BCUT2D eigenvalue weighted by Gasteiger charge is 2.10. The third kappa shape index (κ3) is 6.05. The largest absolute Gasteiger partial charge is 0.338 e. The smallest absolute Gasteiger partial charge is 0.319 e. The third-order valence-electron chi connectivity index (χ3n) is 4.40. The summed E-state index contributed by atoms with van der Waals surface area (Å²) < 4.78 is 1.98. The highest BCUT2D eigenvalue weighted by Crippen LogP contribution is 2.27. The van der Waals surface area contributed by atoms with Gasteiger partial charge < -0.3 is 10.6 Å². The average Bonchev–Trinajstić information content (AvgIpc) is 3.00. The van der Waals surface area contributed by atoms with Gasteiger partial charge in [-0.05, 0) is 74.3 Å². The van der Waals surface area contributed by atoms with Crippen molar-refractivity contribution in [3.8, 4) is 0 Å². The first-order chi connectivity index (χ1) is 13.9. The molecule has 0 saturated carbocycles. The lowest BCUT2D eigenvalue weighted by Crippen LogP contribution is -2.33. The van der Waals surface area contributed by atoms with Gasteiger partial charge in [-0.1, -0.05) is 6.92 Å². The van der Waals surface area contributed by atoms with E-state index in [1.807, 2.05) is 43.7 Å². The van der Waals surface area contributed by atoms with Crippen molar-refractivity contribution in [2.45, 2.75) is 44.3 Å². The van der Waals surface area contributed by atoms with Gasteiger partial charge in [-0.3, -0.25) is 4.68 Å². The number of hydrogen-bond acceptors (Lipinski definition) is 5. The van der Waals surface area contributed by atoms with E-state index in [1.165, 1.54) is 11.8 Å². The van der Waals surface area contributed by atoms with E-state index in [-0.39, 0.29) is 11.9 Å². The summed E-state index contributed by atoms with van der Waals surface area (Å²) in [4.78, 5) is 21.8. The minimum absolute atomic E-state index is 0.208. The van der Waals surface area contributed by atoms with Crippen molar-refractivity contribution >= 4 is 23.5 Å². The van der Waals surface area contributed by atoms with Crippen LogP contribution in [0.3, 0.4) is 0 Å². The van der Waals surface area contributed by atoms with Crippen LogP contribution in [0, 0.1) is 26.7 Å². The molecule has 0 saturated heterocycles. The van der Waals surface area contributed by atoms with Crippen LogP contribution in [0.5, 0.6) is 0 Å². The minimum Gasteiger partial charge on any atom is -0.338 e. The Bertz CT molecular complexity index is 973. The maximum absolute atomic E-state index is 12.3. The second kappa shape index (κ2) is 9.56. The number of anilines is 1. The monoisotopic (exact) mass is 410 g/mol. The van der Waals surface area contributed by atoms with Gasteiger partial charge in [0, 0.05) is 41.8 Å². The van der Waals surface area contributed by atoms with E-state index in [2.05, 4.69) is 38.7 Å². The first kappa shape index (κ1) is 20.9. The van der Waals surface area contributed by atoms with Crippen molar-refractivity contribution in [2.24, 2.45) is 5.92 Å². The van der Waals surface area contributed by atoms with Gasteiger partial charge in [0.1, 0.15) is 0 Å². The third-order valence-corrected chi connectivity index (χ3v) is 5.28. The maximum Gasteiger partial charge on any atom is 0.319 e. The summed E-state index contributed by atoms with van der Waals surface area (Å²) in [7, 11) is 0. The molecule has 8 heteroatoms. The Labute approximate surface area is 175 Å². The molecule has 1 atom stereocenters. The molecule has 2 aromatic heterocycles. The van der Waals surface area contributed by atoms with Crippen LogP contribution in [-0.2, 0) is 6.54 Å². The molecule has 3 rings (SSSR count). The Morgan fingerprint density at radius 1 is 1.17 bits per heavy atom. The van der Waals surface area contributed by atoms with E-state index in [9.17, 15) is 4.79 Å². The number of aryl methyl sites for hydroxylation is 3. The number of nitrogens with zero attached hydrogens (tertiary/aromatic N) is 4. The average molecular weight is 411 g/mol. The highest BCUT2D eigenvalue weighted by atomic mass is 32.2. The summed E-state index contributed by atoms with van der Waals surface area (Å²) >= 11 is 1.49. The van der Waals surface area contributed by atoms with E-state index >= 15 is 0 Å². The summed E-state index contributed by atoms with van der Waals surface area (Å²) in [5.41, 5.74) is 3.91. The quantitative estimate of drug-likeness (QED) is 0.570. The van der Waals surface area contributed by atoms with Crippen molar-refractivity contribution in [3.05, 3.63) is 59.7 Å². The topological polar surface area (TPSA) is 84.7 Å². The highest BCUT2D eigenvalue weighted by molar-refractivity contribution is 7.99. The SMILES string of the molecule is Cc1cc(C)n(CC(C)CNC(=O)Nc2ccc(Sc3ncccn3)cc2C)n1. The van der Waals surface area contributed by atoms with Gasteiger partial charge in [0.2, 0.25) is 0 Å². The Morgan fingerprint density at radius 2 is 1.93 bits per heavy atom. The van der Waals surface area contributed by atoms with E-state index in [0.717, 1.165) is 34.1 Å². The molecule has 0 aliphatic heterocycles. The fourth-order valence-corrected chi connectivity index (χ4v) is 3.75. The van der Waals surface area contributed by atoms with E-state index in [4.69, 9.17) is 0 Å². The second-order valence-corrected chi connectivity index (χ2v) is 8.20. The number of rotatable bonds is 7. The number of aromatic nitrogens is 4. The Hall–Kier alpha value is -2.87. The standard InChI is InChI=1S/C21H26N6OS/c1-14(13-27-17(4)11-16(3)26-27)12-24-20(28)25-19-7-6-18(10-15(19)2)29-21-22-8-5-9-23-21/h5-11,14H,12-13H2,1-4H3,(H2,24,25,28). The van der Waals surface area contributed by atoms with Gasteiger partial charge >= 0.3 is 6.03 Å². The predicted octanol–water partition coefficient (Wildman–Crippen LogP) is 4.21. The zero-order valence-electron chi connectivity index (χ0n) is 17.1. The van der Waals surface area contributed by atoms with Gasteiger partial charge in [0.15, 0.2) is 5.16 Å². The molecule has 152 valence electrons. The van der Waals surface area contributed by atoms with Gasteiger partial charge in [-0.25, -0.2) is 14.8 Å². The van der Waals surface area contributed by atoms with Crippen LogP contribution in [0.25, 0.3) is 0 Å². The number of benzene rings is 1. The lowest BCUT2D eigenvalue weighted by Gasteiger charge is -2.15. The minimum atomic E-state index is -0.208. The molecule has 7 nitrogen and oxygen atoms in total. The van der Waals surface area contributed by atoms with Gasteiger partial charge in [0.05, 0.1) is 5.69 Å². The van der Waals surface area contributed by atoms with Crippen LogP contribution in [0.1, 0.15) is 23.9 Å². The van der Waals surface area contributed by atoms with Crippen LogP contribution < -0.4 is 10.6 Å². The molecule has 0 aliphatic carbocycles. The molecular weight excluding hydrogens is 384 g/mol. The number of amides is 2. The molecule has 2 heterocycles. The molecule has 0 radical (unpaired) electrons. The van der Waals surface area contributed by atoms with Gasteiger partial charge in [-0.15, -0.1) is 0 Å². The number of urea groups is 1. The lowest BCUT2D eigenvalue weighted by molar-refractivity contribution is 0.249. The van der Waals surface area contributed by atoms with Crippen molar-refractivity contribution in [2.75, 3.05) is 11.9 Å². The fourth-order valence-electron chi connectivity index (χ4n) is 2.94. The Morgan fingerprint density at radius 3 is 2.59 bits per heavy atom. The van der Waals surface area contributed by atoms with Crippen molar-refractivity contribution in [1.29, 1.82) is 0 Å². The summed E-state index contributed by atoms with van der Waals surface area (Å²) in [6.45, 7) is 9.44. The van der Waals surface area contributed by atoms with Crippen LogP contribution in [0.15, 0.2) is 52.8 Å². The number of nitrogens with one attached hydrogen (secondary N) is 2. The number of hydrogen-bond donors (Lipinski definition) is 2. The molecule has 2 amide bonds. The van der Waals surface area contributed by atoms with Crippen molar-refractivity contribution in [3.63, 3.8) is 0 Å². The first-order valence-electron chi connectivity index (χ1n) is 9.52. The van der Waals surface area contributed by atoms with E-state index < -0.39 is 0 Å². The molecule has 0 bridgehead atoms. The second-order valence-electron chi connectivity index (χ2n) is 7.16. The molecule has 1 aromatic carbocycles. The zero-order valence-corrected chi connectivity index (χ0v) is 18.0. The van der Waals surface area contributed by atoms with E-state index in [1.54, 1.807) is 18.5 Å². The normalized spacial score (nSPS) is 11.9. The summed E-state index contributed by atoms with van der Waals surface area (Å²) in [6, 6.07) is 9.51. The van der Waals surface area contributed by atoms with Gasteiger partial charge in [0.25, 0.3) is 0 Å². The molecular formula is C21H26N6OS. The lowest BCUT2D eigenvalue weighted by atomic mass is 10.2. The Kier molecular flexibility index (Phi) is 6.87. The molecule has 0 spiro atoms. The molecule has 29 heavy (non-hydrogen) atoms. The molecule has 2 N–H and O–H groups in total. The van der Waals surface area contributed by atoms with Crippen LogP contribution >= 0.6 is 11.8 Å². The summed E-state index contributed by atoms with van der Waals surface area (Å²) in [5.74, 6) is 0.268. The van der Waals surface area contributed by atoms with E-state index in [0.29, 0.717) is 11.7 Å². The molecule has 0 aliphatic rings. The maximum atomic E-state index is 12.3. The predicted molar refractivity (Wildman–Crippen MR) is 115 cm³/mol. The van der Waals surface area contributed by atoms with Crippen LogP contribution in [0.4, 0.5) is 10.5 Å².